The minimum atomic E-state index is -0.798. The number of aromatic nitrogens is 1. The van der Waals surface area contributed by atoms with Crippen molar-refractivity contribution in [3.05, 3.63) is 47.2 Å². The number of amides is 1. The van der Waals surface area contributed by atoms with E-state index in [1.54, 1.807) is 31.2 Å². The summed E-state index contributed by atoms with van der Waals surface area (Å²) in [6.07, 6.45) is 0.729. The highest BCUT2D eigenvalue weighted by atomic mass is 35.5. The first-order valence-corrected chi connectivity index (χ1v) is 7.09. The fourth-order valence-electron chi connectivity index (χ4n) is 1.79. The maximum absolute atomic E-state index is 12.2. The minimum absolute atomic E-state index is 0.198. The van der Waals surface area contributed by atoms with Crippen molar-refractivity contribution in [3.63, 3.8) is 0 Å². The fourth-order valence-corrected chi connectivity index (χ4v) is 1.96. The van der Waals surface area contributed by atoms with Crippen molar-refractivity contribution in [2.24, 2.45) is 0 Å². The zero-order chi connectivity index (χ0) is 16.8. The molecule has 1 amide bonds. The SMILES string of the molecule is COc1cc(C#N)ccc1O[C@@H](C)C(=O)Nc1cccnc1Cl. The molecule has 1 N–H and O–H groups in total. The summed E-state index contributed by atoms with van der Waals surface area (Å²) in [4.78, 5) is 16.1. The Morgan fingerprint density at radius 2 is 2.17 bits per heavy atom. The van der Waals surface area contributed by atoms with Crippen LogP contribution < -0.4 is 14.8 Å². The third-order valence-corrected chi connectivity index (χ3v) is 3.28. The number of halogens is 1. The molecule has 1 heterocycles. The van der Waals surface area contributed by atoms with Crippen molar-refractivity contribution in [3.8, 4) is 17.6 Å². The predicted molar refractivity (Wildman–Crippen MR) is 85.7 cm³/mol. The highest BCUT2D eigenvalue weighted by Gasteiger charge is 2.18. The smallest absolute Gasteiger partial charge is 0.265 e. The van der Waals surface area contributed by atoms with E-state index in [1.807, 2.05) is 6.07 Å². The molecule has 1 atom stereocenters. The Balaban J connectivity index is 2.10. The van der Waals surface area contributed by atoms with Gasteiger partial charge in [0.15, 0.2) is 22.8 Å². The number of hydrogen-bond donors (Lipinski definition) is 1. The number of ether oxygens (including phenoxy) is 2. The van der Waals surface area contributed by atoms with Gasteiger partial charge in [0, 0.05) is 12.3 Å². The third kappa shape index (κ3) is 4.11. The lowest BCUT2D eigenvalue weighted by Crippen LogP contribution is -2.30. The molecule has 0 saturated carbocycles. The van der Waals surface area contributed by atoms with Crippen LogP contribution in [0, 0.1) is 11.3 Å². The number of methoxy groups -OCH3 is 1. The molecule has 0 bridgehead atoms. The molecule has 2 aromatic rings. The van der Waals surface area contributed by atoms with Crippen LogP contribution in [0.15, 0.2) is 36.5 Å². The van der Waals surface area contributed by atoms with Crippen LogP contribution in [-0.2, 0) is 4.79 Å². The zero-order valence-corrected chi connectivity index (χ0v) is 13.3. The van der Waals surface area contributed by atoms with Crippen molar-refractivity contribution in [1.29, 1.82) is 5.26 Å². The number of carbonyl (C=O) groups is 1. The molecule has 0 aliphatic rings. The number of nitrogens with one attached hydrogen (secondary N) is 1. The monoisotopic (exact) mass is 331 g/mol. The summed E-state index contributed by atoms with van der Waals surface area (Å²) in [6.45, 7) is 1.59. The van der Waals surface area contributed by atoms with E-state index in [0.29, 0.717) is 22.7 Å². The van der Waals surface area contributed by atoms with Crippen LogP contribution in [0.5, 0.6) is 11.5 Å². The van der Waals surface area contributed by atoms with Gasteiger partial charge in [0.2, 0.25) is 0 Å². The van der Waals surface area contributed by atoms with Gasteiger partial charge in [-0.25, -0.2) is 4.98 Å². The predicted octanol–water partition coefficient (Wildman–Crippen LogP) is 3.02. The zero-order valence-electron chi connectivity index (χ0n) is 12.5. The van der Waals surface area contributed by atoms with Gasteiger partial charge in [-0.3, -0.25) is 4.79 Å². The Hall–Kier alpha value is -2.78. The van der Waals surface area contributed by atoms with Crippen LogP contribution >= 0.6 is 11.6 Å². The van der Waals surface area contributed by atoms with E-state index in [4.69, 9.17) is 26.3 Å². The van der Waals surface area contributed by atoms with Crippen LogP contribution in [-0.4, -0.2) is 24.1 Å². The number of carbonyl (C=O) groups excluding carboxylic acids is 1. The highest BCUT2D eigenvalue weighted by molar-refractivity contribution is 6.32. The third-order valence-electron chi connectivity index (χ3n) is 2.98. The molecular weight excluding hydrogens is 318 g/mol. The normalized spacial score (nSPS) is 11.2. The summed E-state index contributed by atoms with van der Waals surface area (Å²) in [5.41, 5.74) is 0.842. The van der Waals surface area contributed by atoms with Gasteiger partial charge in [-0.05, 0) is 31.2 Å². The maximum Gasteiger partial charge on any atom is 0.265 e. The van der Waals surface area contributed by atoms with Gasteiger partial charge in [0.05, 0.1) is 24.4 Å². The maximum atomic E-state index is 12.2. The second-order valence-electron chi connectivity index (χ2n) is 4.57. The number of nitriles is 1. The van der Waals surface area contributed by atoms with Gasteiger partial charge in [0.25, 0.3) is 5.91 Å². The Kier molecular flexibility index (Phi) is 5.39. The standard InChI is InChI=1S/C16H14ClN3O3/c1-10(16(21)20-12-4-3-7-19-15(12)17)23-13-6-5-11(9-18)8-14(13)22-2/h3-8,10H,1-2H3,(H,20,21)/t10-/m0/s1. The lowest BCUT2D eigenvalue weighted by atomic mass is 10.2. The van der Waals surface area contributed by atoms with Crippen LogP contribution in [0.2, 0.25) is 5.15 Å². The van der Waals surface area contributed by atoms with Crippen molar-refractivity contribution < 1.29 is 14.3 Å². The van der Waals surface area contributed by atoms with E-state index in [2.05, 4.69) is 10.3 Å². The fraction of sp³-hybridized carbons (Fsp3) is 0.188. The lowest BCUT2D eigenvalue weighted by molar-refractivity contribution is -0.122. The average molecular weight is 332 g/mol. The molecule has 0 saturated heterocycles. The molecule has 7 heteroatoms. The van der Waals surface area contributed by atoms with Crippen molar-refractivity contribution in [1.82, 2.24) is 4.98 Å². The molecule has 1 aromatic carbocycles. The van der Waals surface area contributed by atoms with E-state index >= 15 is 0 Å². The Morgan fingerprint density at radius 3 is 2.83 bits per heavy atom. The Bertz CT molecular complexity index is 758. The second kappa shape index (κ2) is 7.47. The summed E-state index contributed by atoms with van der Waals surface area (Å²) in [5.74, 6) is 0.362. The van der Waals surface area contributed by atoms with E-state index in [0.717, 1.165) is 0 Å². The number of anilines is 1. The summed E-state index contributed by atoms with van der Waals surface area (Å²) in [6, 6.07) is 10.0. The molecule has 0 aliphatic heterocycles. The quantitative estimate of drug-likeness (QED) is 0.851. The first-order chi connectivity index (χ1) is 11.0. The molecular formula is C16H14ClN3O3. The second-order valence-corrected chi connectivity index (χ2v) is 4.93. The molecule has 0 unspecified atom stereocenters. The highest BCUT2D eigenvalue weighted by Crippen LogP contribution is 2.29. The molecule has 0 aliphatic carbocycles. The molecule has 6 nitrogen and oxygen atoms in total. The van der Waals surface area contributed by atoms with Gasteiger partial charge >= 0.3 is 0 Å². The molecule has 1 aromatic heterocycles. The lowest BCUT2D eigenvalue weighted by Gasteiger charge is -2.17. The average Bonchev–Trinajstić information content (AvgIpc) is 2.57. The molecule has 2 rings (SSSR count). The van der Waals surface area contributed by atoms with Gasteiger partial charge in [-0.15, -0.1) is 0 Å². The summed E-state index contributed by atoms with van der Waals surface area (Å²) >= 11 is 5.90. The number of hydrogen-bond acceptors (Lipinski definition) is 5. The number of benzene rings is 1. The van der Waals surface area contributed by atoms with Crippen LogP contribution in [0.4, 0.5) is 5.69 Å². The first kappa shape index (κ1) is 16.6. The number of rotatable bonds is 5. The van der Waals surface area contributed by atoms with Gasteiger partial charge < -0.3 is 14.8 Å². The minimum Gasteiger partial charge on any atom is -0.493 e. The van der Waals surface area contributed by atoms with Crippen LogP contribution in [0.3, 0.4) is 0 Å². The molecule has 118 valence electrons. The summed E-state index contributed by atoms with van der Waals surface area (Å²) < 4.78 is 10.8. The van der Waals surface area contributed by atoms with Gasteiger partial charge in [-0.2, -0.15) is 5.26 Å². The Morgan fingerprint density at radius 1 is 1.39 bits per heavy atom. The number of nitrogens with zero attached hydrogens (tertiary/aromatic N) is 2. The van der Waals surface area contributed by atoms with Crippen molar-refractivity contribution >= 4 is 23.2 Å². The van der Waals surface area contributed by atoms with E-state index in [1.165, 1.54) is 19.4 Å². The Labute approximate surface area is 138 Å². The first-order valence-electron chi connectivity index (χ1n) is 6.71. The van der Waals surface area contributed by atoms with E-state index in [9.17, 15) is 4.79 Å². The van der Waals surface area contributed by atoms with Gasteiger partial charge in [-0.1, -0.05) is 11.6 Å². The van der Waals surface area contributed by atoms with Crippen LogP contribution in [0.25, 0.3) is 0 Å². The molecule has 0 radical (unpaired) electrons. The molecule has 0 spiro atoms. The largest absolute Gasteiger partial charge is 0.493 e. The van der Waals surface area contributed by atoms with Crippen molar-refractivity contribution in [2.45, 2.75) is 13.0 Å². The van der Waals surface area contributed by atoms with Gasteiger partial charge in [0.1, 0.15) is 0 Å². The topological polar surface area (TPSA) is 84.2 Å². The molecule has 0 fully saturated rings. The molecule has 23 heavy (non-hydrogen) atoms. The van der Waals surface area contributed by atoms with Crippen LogP contribution in [0.1, 0.15) is 12.5 Å². The number of pyridine rings is 1. The summed E-state index contributed by atoms with van der Waals surface area (Å²) in [5, 5.41) is 11.7. The van der Waals surface area contributed by atoms with E-state index in [-0.39, 0.29) is 11.1 Å². The summed E-state index contributed by atoms with van der Waals surface area (Å²) in [7, 11) is 1.46. The van der Waals surface area contributed by atoms with Crippen molar-refractivity contribution in [2.75, 3.05) is 12.4 Å². The van der Waals surface area contributed by atoms with E-state index < -0.39 is 6.10 Å².